The van der Waals surface area contributed by atoms with Crippen LogP contribution >= 0.6 is 23.2 Å². The van der Waals surface area contributed by atoms with Crippen molar-refractivity contribution < 1.29 is 19.1 Å². The van der Waals surface area contributed by atoms with Crippen LogP contribution in [0.25, 0.3) is 0 Å². The van der Waals surface area contributed by atoms with Gasteiger partial charge < -0.3 is 19.7 Å². The van der Waals surface area contributed by atoms with Gasteiger partial charge in [0.15, 0.2) is 0 Å². The van der Waals surface area contributed by atoms with Crippen LogP contribution in [0.5, 0.6) is 11.5 Å². The number of carbonyl (C=O) groups is 2. The van der Waals surface area contributed by atoms with Crippen LogP contribution in [0, 0.1) is 0 Å². The van der Waals surface area contributed by atoms with Crippen molar-refractivity contribution in [3.8, 4) is 11.5 Å². The number of ether oxygens (including phenoxy) is 2. The molecule has 0 fully saturated rings. The second kappa shape index (κ2) is 13.2. The van der Waals surface area contributed by atoms with Gasteiger partial charge in [0.2, 0.25) is 11.8 Å². The molecule has 1 atom stereocenters. The molecule has 0 aliphatic heterocycles. The molecule has 0 spiro atoms. The first kappa shape index (κ1) is 25.8. The van der Waals surface area contributed by atoms with Gasteiger partial charge in [-0.3, -0.25) is 9.59 Å². The molecule has 6 nitrogen and oxygen atoms in total. The molecule has 32 heavy (non-hydrogen) atoms. The Labute approximate surface area is 199 Å². The van der Waals surface area contributed by atoms with E-state index >= 15 is 0 Å². The number of nitrogens with one attached hydrogen (secondary N) is 1. The molecule has 0 aliphatic rings. The summed E-state index contributed by atoms with van der Waals surface area (Å²) in [5.74, 6) is 1.11. The first-order chi connectivity index (χ1) is 15.3. The van der Waals surface area contributed by atoms with Gasteiger partial charge in [0, 0.05) is 29.6 Å². The van der Waals surface area contributed by atoms with Crippen molar-refractivity contribution in [2.24, 2.45) is 0 Å². The summed E-state index contributed by atoms with van der Waals surface area (Å²) in [6.45, 7) is 4.85. The van der Waals surface area contributed by atoms with Crippen molar-refractivity contribution in [1.29, 1.82) is 0 Å². The predicted molar refractivity (Wildman–Crippen MR) is 127 cm³/mol. The first-order valence-corrected chi connectivity index (χ1v) is 11.4. The van der Waals surface area contributed by atoms with Crippen LogP contribution < -0.4 is 14.8 Å². The van der Waals surface area contributed by atoms with Gasteiger partial charge in [-0.25, -0.2) is 0 Å². The summed E-state index contributed by atoms with van der Waals surface area (Å²) in [5, 5.41) is 3.83. The van der Waals surface area contributed by atoms with Gasteiger partial charge in [-0.15, -0.1) is 0 Å². The molecule has 2 aromatic rings. The summed E-state index contributed by atoms with van der Waals surface area (Å²) in [6.07, 6.45) is 1.57. The number of amides is 2. The maximum Gasteiger partial charge on any atom is 0.242 e. The molecule has 0 aliphatic carbocycles. The van der Waals surface area contributed by atoms with Gasteiger partial charge in [-0.2, -0.15) is 0 Å². The number of halogens is 2. The Balaban J connectivity index is 2.00. The van der Waals surface area contributed by atoms with Crippen LogP contribution in [0.4, 0.5) is 0 Å². The number of benzene rings is 2. The average molecular weight is 481 g/mol. The second-order valence-electron chi connectivity index (χ2n) is 7.35. The third kappa shape index (κ3) is 7.92. The highest BCUT2D eigenvalue weighted by molar-refractivity contribution is 6.35. The number of carbonyl (C=O) groups excluding carboxylic acids is 2. The van der Waals surface area contributed by atoms with E-state index in [2.05, 4.69) is 5.32 Å². The Morgan fingerprint density at radius 2 is 1.78 bits per heavy atom. The molecule has 2 aromatic carbocycles. The molecule has 0 saturated heterocycles. The van der Waals surface area contributed by atoms with Gasteiger partial charge >= 0.3 is 0 Å². The highest BCUT2D eigenvalue weighted by Crippen LogP contribution is 2.24. The van der Waals surface area contributed by atoms with Crippen molar-refractivity contribution in [3.63, 3.8) is 0 Å². The van der Waals surface area contributed by atoms with Crippen LogP contribution in [-0.4, -0.2) is 43.0 Å². The Morgan fingerprint density at radius 1 is 1.09 bits per heavy atom. The van der Waals surface area contributed by atoms with Gasteiger partial charge in [0.25, 0.3) is 0 Å². The van der Waals surface area contributed by atoms with E-state index in [1.54, 1.807) is 37.1 Å². The van der Waals surface area contributed by atoms with E-state index in [9.17, 15) is 9.59 Å². The van der Waals surface area contributed by atoms with Crippen molar-refractivity contribution in [1.82, 2.24) is 10.2 Å². The summed E-state index contributed by atoms with van der Waals surface area (Å²) in [7, 11) is 1.61. The van der Waals surface area contributed by atoms with E-state index < -0.39 is 6.04 Å². The number of methoxy groups -OCH3 is 1. The minimum Gasteiger partial charge on any atom is -0.497 e. The predicted octanol–water partition coefficient (Wildman–Crippen LogP) is 5.10. The molecule has 2 rings (SSSR count). The van der Waals surface area contributed by atoms with Crippen LogP contribution in [-0.2, 0) is 16.1 Å². The summed E-state index contributed by atoms with van der Waals surface area (Å²) in [5.41, 5.74) is 0.731. The SMILES string of the molecule is CCCNC(=O)[C@H](C)N(Cc1ccc(Cl)cc1Cl)C(=O)CCCOc1ccc(OC)cc1. The lowest BCUT2D eigenvalue weighted by atomic mass is 10.1. The number of hydrogen-bond donors (Lipinski definition) is 1. The zero-order valence-corrected chi connectivity index (χ0v) is 20.2. The second-order valence-corrected chi connectivity index (χ2v) is 8.20. The summed E-state index contributed by atoms with van der Waals surface area (Å²) in [6, 6.07) is 11.7. The van der Waals surface area contributed by atoms with Crippen LogP contribution in [0.3, 0.4) is 0 Å². The van der Waals surface area contributed by atoms with Crippen LogP contribution in [0.2, 0.25) is 10.0 Å². The Hall–Kier alpha value is -2.44. The molecule has 1 N–H and O–H groups in total. The van der Waals surface area contributed by atoms with E-state index in [0.717, 1.165) is 17.7 Å². The normalized spacial score (nSPS) is 11.5. The Bertz CT molecular complexity index is 890. The zero-order chi connectivity index (χ0) is 23.5. The fourth-order valence-electron chi connectivity index (χ4n) is 3.04. The molecular weight excluding hydrogens is 451 g/mol. The highest BCUT2D eigenvalue weighted by atomic mass is 35.5. The van der Waals surface area contributed by atoms with E-state index in [-0.39, 0.29) is 24.8 Å². The lowest BCUT2D eigenvalue weighted by Gasteiger charge is -2.29. The molecule has 0 bridgehead atoms. The lowest BCUT2D eigenvalue weighted by Crippen LogP contribution is -2.47. The third-order valence-corrected chi connectivity index (χ3v) is 5.52. The number of nitrogens with zero attached hydrogens (tertiary/aromatic N) is 1. The molecule has 0 unspecified atom stereocenters. The van der Waals surface area contributed by atoms with Gasteiger partial charge in [-0.05, 0) is 61.7 Å². The Morgan fingerprint density at radius 3 is 2.41 bits per heavy atom. The minimum absolute atomic E-state index is 0.145. The van der Waals surface area contributed by atoms with Gasteiger partial charge in [-0.1, -0.05) is 36.2 Å². The van der Waals surface area contributed by atoms with Gasteiger partial charge in [0.05, 0.1) is 13.7 Å². The molecule has 2 amide bonds. The first-order valence-electron chi connectivity index (χ1n) is 10.6. The highest BCUT2D eigenvalue weighted by Gasteiger charge is 2.26. The minimum atomic E-state index is -0.636. The maximum atomic E-state index is 13.0. The number of rotatable bonds is 12. The van der Waals surface area contributed by atoms with Gasteiger partial charge in [0.1, 0.15) is 17.5 Å². The zero-order valence-electron chi connectivity index (χ0n) is 18.7. The number of hydrogen-bond acceptors (Lipinski definition) is 4. The molecule has 0 radical (unpaired) electrons. The largest absolute Gasteiger partial charge is 0.497 e. The molecule has 174 valence electrons. The molecule has 0 aromatic heterocycles. The van der Waals surface area contributed by atoms with Crippen molar-refractivity contribution in [3.05, 3.63) is 58.1 Å². The lowest BCUT2D eigenvalue weighted by molar-refractivity contribution is -0.140. The average Bonchev–Trinajstić information content (AvgIpc) is 2.79. The summed E-state index contributed by atoms with van der Waals surface area (Å²) in [4.78, 5) is 27.1. The standard InChI is InChI=1S/C24H30Cl2N2O4/c1-4-13-27-24(30)17(2)28(16-18-7-8-19(25)15-22(18)26)23(29)6-5-14-32-21-11-9-20(31-3)10-12-21/h7-12,15,17H,4-6,13-14,16H2,1-3H3,(H,27,30)/t17-/m0/s1. The Kier molecular flexibility index (Phi) is 10.6. The topological polar surface area (TPSA) is 67.9 Å². The van der Waals surface area contributed by atoms with E-state index in [1.807, 2.05) is 31.2 Å². The summed E-state index contributed by atoms with van der Waals surface area (Å²) >= 11 is 12.3. The quantitative estimate of drug-likeness (QED) is 0.428. The molecule has 0 heterocycles. The van der Waals surface area contributed by atoms with Crippen molar-refractivity contribution in [2.75, 3.05) is 20.3 Å². The van der Waals surface area contributed by atoms with E-state index in [4.69, 9.17) is 32.7 Å². The van der Waals surface area contributed by atoms with Crippen molar-refractivity contribution in [2.45, 2.75) is 45.7 Å². The van der Waals surface area contributed by atoms with Crippen LogP contribution in [0.15, 0.2) is 42.5 Å². The molecular formula is C24H30Cl2N2O4. The fraction of sp³-hybridized carbons (Fsp3) is 0.417. The fourth-order valence-corrected chi connectivity index (χ4v) is 3.51. The van der Waals surface area contributed by atoms with Crippen molar-refractivity contribution >= 4 is 35.0 Å². The third-order valence-electron chi connectivity index (χ3n) is 4.94. The smallest absolute Gasteiger partial charge is 0.242 e. The van der Waals surface area contributed by atoms with E-state index in [0.29, 0.717) is 35.4 Å². The van der Waals surface area contributed by atoms with Crippen LogP contribution in [0.1, 0.15) is 38.7 Å². The molecule has 8 heteroatoms. The van der Waals surface area contributed by atoms with E-state index in [1.165, 1.54) is 0 Å². The summed E-state index contributed by atoms with van der Waals surface area (Å²) < 4.78 is 10.8. The maximum absolute atomic E-state index is 13.0. The molecule has 0 saturated carbocycles. The monoisotopic (exact) mass is 480 g/mol.